The Kier molecular flexibility index (Phi) is 4.16. The lowest BCUT2D eigenvalue weighted by Gasteiger charge is -2.29. The minimum Gasteiger partial charge on any atom is -0.497 e. The number of ether oxygens (including phenoxy) is 1. The topological polar surface area (TPSA) is 76.8 Å². The molecule has 0 radical (unpaired) electrons. The molecule has 7 heteroatoms. The molecule has 1 aliphatic rings. The van der Waals surface area contributed by atoms with Gasteiger partial charge in [0, 0.05) is 18.5 Å². The van der Waals surface area contributed by atoms with Crippen LogP contribution in [0.3, 0.4) is 0 Å². The van der Waals surface area contributed by atoms with E-state index in [2.05, 4.69) is 0 Å². The normalized spacial score (nSPS) is 19.8. The van der Waals surface area contributed by atoms with Crippen LogP contribution in [0.4, 0.5) is 0 Å². The zero-order valence-corrected chi connectivity index (χ0v) is 13.9. The van der Waals surface area contributed by atoms with E-state index in [-0.39, 0.29) is 10.8 Å². The van der Waals surface area contributed by atoms with Crippen LogP contribution in [-0.2, 0) is 10.0 Å². The summed E-state index contributed by atoms with van der Waals surface area (Å²) >= 11 is 0. The summed E-state index contributed by atoms with van der Waals surface area (Å²) in [4.78, 5) is 11.8. The van der Waals surface area contributed by atoms with Gasteiger partial charge < -0.3 is 9.15 Å². The SMILES string of the molecule is COc1ccc2oc(=O)c(S(=O)(=O)N3CCCC(C)C3)cc2c1. The van der Waals surface area contributed by atoms with Crippen molar-refractivity contribution in [2.45, 2.75) is 24.7 Å². The maximum atomic E-state index is 12.8. The van der Waals surface area contributed by atoms with Crippen LogP contribution >= 0.6 is 0 Å². The molecule has 0 N–H and O–H groups in total. The molecule has 2 heterocycles. The van der Waals surface area contributed by atoms with Crippen LogP contribution < -0.4 is 10.4 Å². The van der Waals surface area contributed by atoms with Crippen molar-refractivity contribution in [2.75, 3.05) is 20.2 Å². The van der Waals surface area contributed by atoms with Gasteiger partial charge in [-0.2, -0.15) is 4.31 Å². The largest absolute Gasteiger partial charge is 0.497 e. The molecule has 1 unspecified atom stereocenters. The standard InChI is InChI=1S/C16H19NO5S/c1-11-4-3-7-17(10-11)23(19,20)15-9-12-8-13(21-2)5-6-14(12)22-16(15)18/h5-6,8-9,11H,3-4,7,10H2,1-2H3. The minimum absolute atomic E-state index is 0.283. The van der Waals surface area contributed by atoms with Gasteiger partial charge in [-0.05, 0) is 43.0 Å². The average Bonchev–Trinajstić information content (AvgIpc) is 2.53. The van der Waals surface area contributed by atoms with Crippen molar-refractivity contribution in [3.8, 4) is 5.75 Å². The molecule has 124 valence electrons. The first-order valence-electron chi connectivity index (χ1n) is 7.54. The van der Waals surface area contributed by atoms with Crippen molar-refractivity contribution in [3.63, 3.8) is 0 Å². The Bertz CT molecular complexity index is 887. The van der Waals surface area contributed by atoms with E-state index in [1.165, 1.54) is 17.5 Å². The van der Waals surface area contributed by atoms with E-state index in [1.807, 2.05) is 6.92 Å². The molecule has 1 aromatic heterocycles. The second-order valence-electron chi connectivity index (χ2n) is 5.91. The van der Waals surface area contributed by atoms with Crippen molar-refractivity contribution in [3.05, 3.63) is 34.7 Å². The van der Waals surface area contributed by atoms with Crippen molar-refractivity contribution in [1.29, 1.82) is 0 Å². The molecule has 0 aliphatic carbocycles. The number of fused-ring (bicyclic) bond motifs is 1. The van der Waals surface area contributed by atoms with E-state index < -0.39 is 15.6 Å². The first-order valence-corrected chi connectivity index (χ1v) is 8.98. The van der Waals surface area contributed by atoms with Crippen LogP contribution in [-0.4, -0.2) is 32.9 Å². The summed E-state index contributed by atoms with van der Waals surface area (Å²) in [6, 6.07) is 6.27. The van der Waals surface area contributed by atoms with Gasteiger partial charge in [-0.25, -0.2) is 13.2 Å². The number of sulfonamides is 1. The van der Waals surface area contributed by atoms with Crippen LogP contribution in [0.2, 0.25) is 0 Å². The van der Waals surface area contributed by atoms with Crippen LogP contribution in [0.1, 0.15) is 19.8 Å². The summed E-state index contributed by atoms with van der Waals surface area (Å²) in [5, 5.41) is 0.521. The van der Waals surface area contributed by atoms with E-state index in [0.29, 0.717) is 29.8 Å². The number of hydrogen-bond acceptors (Lipinski definition) is 5. The number of rotatable bonds is 3. The van der Waals surface area contributed by atoms with Crippen LogP contribution in [0.5, 0.6) is 5.75 Å². The first kappa shape index (κ1) is 16.0. The second-order valence-corrected chi connectivity index (χ2v) is 7.82. The average molecular weight is 337 g/mol. The van der Waals surface area contributed by atoms with E-state index in [0.717, 1.165) is 12.8 Å². The molecule has 3 rings (SSSR count). The van der Waals surface area contributed by atoms with Crippen molar-refractivity contribution in [2.24, 2.45) is 5.92 Å². The molecule has 1 aliphatic heterocycles. The quantitative estimate of drug-likeness (QED) is 0.803. The van der Waals surface area contributed by atoms with Crippen molar-refractivity contribution >= 4 is 21.0 Å². The Morgan fingerprint density at radius 1 is 1.30 bits per heavy atom. The molecule has 1 saturated heterocycles. The lowest BCUT2D eigenvalue weighted by molar-refractivity contribution is 0.280. The molecule has 0 spiro atoms. The molecular formula is C16H19NO5S. The number of methoxy groups -OCH3 is 1. The lowest BCUT2D eigenvalue weighted by atomic mass is 10.0. The van der Waals surface area contributed by atoms with E-state index in [1.54, 1.807) is 18.2 Å². The zero-order valence-electron chi connectivity index (χ0n) is 13.1. The van der Waals surface area contributed by atoms with Crippen LogP contribution in [0.25, 0.3) is 11.0 Å². The summed E-state index contributed by atoms with van der Waals surface area (Å²) in [5.74, 6) is 0.854. The van der Waals surface area contributed by atoms with Gasteiger partial charge >= 0.3 is 5.63 Å². The van der Waals surface area contributed by atoms with Crippen molar-refractivity contribution < 1.29 is 17.6 Å². The van der Waals surface area contributed by atoms with Crippen LogP contribution in [0, 0.1) is 5.92 Å². The maximum Gasteiger partial charge on any atom is 0.356 e. The molecule has 0 amide bonds. The number of nitrogens with zero attached hydrogens (tertiary/aromatic N) is 1. The molecular weight excluding hydrogens is 318 g/mol. The predicted molar refractivity (Wildman–Crippen MR) is 86.2 cm³/mol. The molecule has 1 aromatic carbocycles. The van der Waals surface area contributed by atoms with Gasteiger partial charge in [0.15, 0.2) is 4.90 Å². The molecule has 23 heavy (non-hydrogen) atoms. The number of benzene rings is 1. The fraction of sp³-hybridized carbons (Fsp3) is 0.438. The third kappa shape index (κ3) is 2.98. The highest BCUT2D eigenvalue weighted by molar-refractivity contribution is 7.89. The predicted octanol–water partition coefficient (Wildman–Crippen LogP) is 2.22. The summed E-state index contributed by atoms with van der Waals surface area (Å²) in [6.07, 6.45) is 1.79. The molecule has 6 nitrogen and oxygen atoms in total. The van der Waals surface area contributed by atoms with E-state index >= 15 is 0 Å². The fourth-order valence-electron chi connectivity index (χ4n) is 2.89. The highest BCUT2D eigenvalue weighted by Gasteiger charge is 2.31. The minimum atomic E-state index is -3.85. The molecule has 1 fully saturated rings. The fourth-order valence-corrected chi connectivity index (χ4v) is 4.52. The maximum absolute atomic E-state index is 12.8. The molecule has 1 atom stereocenters. The second kappa shape index (κ2) is 5.98. The summed E-state index contributed by atoms with van der Waals surface area (Å²) < 4.78 is 37.3. The Morgan fingerprint density at radius 3 is 2.78 bits per heavy atom. The molecule has 0 saturated carbocycles. The van der Waals surface area contributed by atoms with Gasteiger partial charge in [0.25, 0.3) is 0 Å². The summed E-state index contributed by atoms with van der Waals surface area (Å²) in [6.45, 7) is 2.87. The Morgan fingerprint density at radius 2 is 2.09 bits per heavy atom. The zero-order chi connectivity index (χ0) is 16.6. The van der Waals surface area contributed by atoms with E-state index in [9.17, 15) is 13.2 Å². The van der Waals surface area contributed by atoms with Gasteiger partial charge in [-0.3, -0.25) is 0 Å². The third-order valence-electron chi connectivity index (χ3n) is 4.14. The summed E-state index contributed by atoms with van der Waals surface area (Å²) in [5.41, 5.74) is -0.498. The smallest absolute Gasteiger partial charge is 0.356 e. The third-order valence-corrected chi connectivity index (χ3v) is 6.00. The Hall–Kier alpha value is -1.86. The van der Waals surface area contributed by atoms with E-state index in [4.69, 9.17) is 9.15 Å². The molecule has 0 bridgehead atoms. The van der Waals surface area contributed by atoms with Crippen LogP contribution in [0.15, 0.2) is 38.4 Å². The van der Waals surface area contributed by atoms with Gasteiger partial charge in [0.1, 0.15) is 11.3 Å². The highest BCUT2D eigenvalue weighted by Crippen LogP contribution is 2.25. The first-order chi connectivity index (χ1) is 10.9. The van der Waals surface area contributed by atoms with Gasteiger partial charge in [-0.1, -0.05) is 6.92 Å². The number of piperidine rings is 1. The molecule has 2 aromatic rings. The van der Waals surface area contributed by atoms with Crippen molar-refractivity contribution in [1.82, 2.24) is 4.31 Å². The lowest BCUT2D eigenvalue weighted by Crippen LogP contribution is -2.40. The monoisotopic (exact) mass is 337 g/mol. The Balaban J connectivity index is 2.10. The summed E-state index contributed by atoms with van der Waals surface area (Å²) in [7, 11) is -2.33. The van der Waals surface area contributed by atoms with Gasteiger partial charge in [0.05, 0.1) is 7.11 Å². The van der Waals surface area contributed by atoms with Gasteiger partial charge in [0.2, 0.25) is 10.0 Å². The number of hydrogen-bond donors (Lipinski definition) is 0. The van der Waals surface area contributed by atoms with Gasteiger partial charge in [-0.15, -0.1) is 0 Å². The Labute approximate surface area is 134 Å². The highest BCUT2D eigenvalue weighted by atomic mass is 32.2.